The van der Waals surface area contributed by atoms with Gasteiger partial charge in [-0.1, -0.05) is 48.5 Å². The fourth-order valence-corrected chi connectivity index (χ4v) is 3.00. The standard InChI is InChI=1S/C18H20N2/c1-20-13-17(16-9-5-6-10-18(16)20)15(11-12-19)14-7-3-2-4-8-14/h2-10,13,15H,11-12,19H2,1H3/t15-/m1/s1. The van der Waals surface area contributed by atoms with Crippen LogP contribution in [0.5, 0.6) is 0 Å². The van der Waals surface area contributed by atoms with Crippen molar-refractivity contribution in [1.82, 2.24) is 4.57 Å². The molecule has 0 unspecified atom stereocenters. The van der Waals surface area contributed by atoms with Crippen LogP contribution in [0.15, 0.2) is 60.8 Å². The monoisotopic (exact) mass is 264 g/mol. The van der Waals surface area contributed by atoms with Gasteiger partial charge in [-0.3, -0.25) is 0 Å². The average molecular weight is 264 g/mol. The second-order valence-corrected chi connectivity index (χ2v) is 5.25. The molecular formula is C18H20N2. The second kappa shape index (κ2) is 5.51. The lowest BCUT2D eigenvalue weighted by Crippen LogP contribution is -2.08. The number of nitrogens with zero attached hydrogens (tertiary/aromatic N) is 1. The predicted molar refractivity (Wildman–Crippen MR) is 84.9 cm³/mol. The van der Waals surface area contributed by atoms with Crippen LogP contribution in [0.2, 0.25) is 0 Å². The Balaban J connectivity index is 2.15. The highest BCUT2D eigenvalue weighted by molar-refractivity contribution is 5.84. The minimum atomic E-state index is 0.368. The number of benzene rings is 2. The maximum Gasteiger partial charge on any atom is 0.0480 e. The maximum absolute atomic E-state index is 5.85. The van der Waals surface area contributed by atoms with Gasteiger partial charge >= 0.3 is 0 Å². The van der Waals surface area contributed by atoms with E-state index in [0.29, 0.717) is 12.5 Å². The van der Waals surface area contributed by atoms with Crippen LogP contribution in [-0.4, -0.2) is 11.1 Å². The van der Waals surface area contributed by atoms with Crippen molar-refractivity contribution in [2.45, 2.75) is 12.3 Å². The van der Waals surface area contributed by atoms with Crippen LogP contribution >= 0.6 is 0 Å². The summed E-state index contributed by atoms with van der Waals surface area (Å²) in [4.78, 5) is 0. The lowest BCUT2D eigenvalue weighted by atomic mass is 9.88. The topological polar surface area (TPSA) is 30.9 Å². The first-order valence-electron chi connectivity index (χ1n) is 7.10. The summed E-state index contributed by atoms with van der Waals surface area (Å²) in [6, 6.07) is 19.2. The minimum absolute atomic E-state index is 0.368. The zero-order valence-corrected chi connectivity index (χ0v) is 11.8. The van der Waals surface area contributed by atoms with Gasteiger partial charge in [0, 0.05) is 30.1 Å². The van der Waals surface area contributed by atoms with Gasteiger partial charge in [-0.05, 0) is 30.2 Å². The Morgan fingerprint density at radius 2 is 1.70 bits per heavy atom. The summed E-state index contributed by atoms with van der Waals surface area (Å²) in [7, 11) is 2.11. The summed E-state index contributed by atoms with van der Waals surface area (Å²) >= 11 is 0. The smallest absolute Gasteiger partial charge is 0.0480 e. The van der Waals surface area contributed by atoms with Crippen molar-refractivity contribution >= 4 is 10.9 Å². The van der Waals surface area contributed by atoms with Gasteiger partial charge in [-0.15, -0.1) is 0 Å². The average Bonchev–Trinajstić information content (AvgIpc) is 2.83. The number of rotatable bonds is 4. The molecule has 0 saturated carbocycles. The molecule has 2 N–H and O–H groups in total. The minimum Gasteiger partial charge on any atom is -0.350 e. The van der Waals surface area contributed by atoms with Crippen LogP contribution in [0, 0.1) is 0 Å². The molecule has 0 saturated heterocycles. The Labute approximate surface area is 119 Å². The highest BCUT2D eigenvalue weighted by Gasteiger charge is 2.18. The highest BCUT2D eigenvalue weighted by Crippen LogP contribution is 2.33. The van der Waals surface area contributed by atoms with Crippen molar-refractivity contribution < 1.29 is 0 Å². The van der Waals surface area contributed by atoms with Crippen LogP contribution in [0.4, 0.5) is 0 Å². The first-order valence-corrected chi connectivity index (χ1v) is 7.10. The van der Waals surface area contributed by atoms with Gasteiger partial charge in [0.2, 0.25) is 0 Å². The summed E-state index contributed by atoms with van der Waals surface area (Å²) in [5.41, 5.74) is 9.84. The first kappa shape index (κ1) is 12.9. The molecule has 1 aromatic heterocycles. The Kier molecular flexibility index (Phi) is 3.57. The molecule has 1 heterocycles. The Bertz CT molecular complexity index is 698. The van der Waals surface area contributed by atoms with E-state index < -0.39 is 0 Å². The fourth-order valence-electron chi connectivity index (χ4n) is 3.00. The number of hydrogen-bond donors (Lipinski definition) is 1. The molecular weight excluding hydrogens is 244 g/mol. The van der Waals surface area contributed by atoms with E-state index in [1.807, 2.05) is 0 Å². The van der Waals surface area contributed by atoms with Gasteiger partial charge in [-0.2, -0.15) is 0 Å². The van der Waals surface area contributed by atoms with Gasteiger partial charge in [0.25, 0.3) is 0 Å². The van der Waals surface area contributed by atoms with Crippen LogP contribution in [0.1, 0.15) is 23.5 Å². The molecule has 0 aliphatic carbocycles. The molecule has 20 heavy (non-hydrogen) atoms. The molecule has 2 heteroatoms. The Morgan fingerprint density at radius 3 is 2.45 bits per heavy atom. The number of nitrogens with two attached hydrogens (primary N) is 1. The summed E-state index contributed by atoms with van der Waals surface area (Å²) in [6.07, 6.45) is 3.22. The van der Waals surface area contributed by atoms with E-state index in [-0.39, 0.29) is 0 Å². The van der Waals surface area contributed by atoms with Crippen molar-refractivity contribution in [3.63, 3.8) is 0 Å². The van der Waals surface area contributed by atoms with Gasteiger partial charge in [-0.25, -0.2) is 0 Å². The quantitative estimate of drug-likeness (QED) is 0.766. The summed E-state index contributed by atoms with van der Waals surface area (Å²) in [6.45, 7) is 0.697. The third-order valence-electron chi connectivity index (χ3n) is 3.96. The predicted octanol–water partition coefficient (Wildman–Crippen LogP) is 3.66. The summed E-state index contributed by atoms with van der Waals surface area (Å²) in [5, 5.41) is 1.33. The van der Waals surface area contributed by atoms with Crippen LogP contribution in [0.3, 0.4) is 0 Å². The van der Waals surface area contributed by atoms with Crippen molar-refractivity contribution in [3.8, 4) is 0 Å². The van der Waals surface area contributed by atoms with E-state index in [2.05, 4.69) is 72.4 Å². The lowest BCUT2D eigenvalue weighted by Gasteiger charge is -2.16. The van der Waals surface area contributed by atoms with Crippen molar-refractivity contribution in [2.75, 3.05) is 6.54 Å². The summed E-state index contributed by atoms with van der Waals surface area (Å²) < 4.78 is 2.21. The molecule has 1 atom stereocenters. The lowest BCUT2D eigenvalue weighted by molar-refractivity contribution is 0.727. The summed E-state index contributed by atoms with van der Waals surface area (Å²) in [5.74, 6) is 0.368. The largest absolute Gasteiger partial charge is 0.350 e. The molecule has 0 radical (unpaired) electrons. The van der Waals surface area contributed by atoms with E-state index in [9.17, 15) is 0 Å². The molecule has 0 spiro atoms. The zero-order chi connectivity index (χ0) is 13.9. The van der Waals surface area contributed by atoms with E-state index in [0.717, 1.165) is 6.42 Å². The molecule has 0 aliphatic heterocycles. The normalized spacial score (nSPS) is 12.7. The zero-order valence-electron chi connectivity index (χ0n) is 11.8. The van der Waals surface area contributed by atoms with Gasteiger partial charge in [0.05, 0.1) is 0 Å². The first-order chi connectivity index (χ1) is 9.81. The van der Waals surface area contributed by atoms with Crippen LogP contribution in [-0.2, 0) is 7.05 Å². The number of hydrogen-bond acceptors (Lipinski definition) is 1. The maximum atomic E-state index is 5.85. The number of fused-ring (bicyclic) bond motifs is 1. The third-order valence-corrected chi connectivity index (χ3v) is 3.96. The van der Waals surface area contributed by atoms with E-state index >= 15 is 0 Å². The van der Waals surface area contributed by atoms with Crippen molar-refractivity contribution in [3.05, 3.63) is 71.9 Å². The van der Waals surface area contributed by atoms with Crippen molar-refractivity contribution in [1.29, 1.82) is 0 Å². The molecule has 0 bridgehead atoms. The SMILES string of the molecule is Cn1cc([C@H](CCN)c2ccccc2)c2ccccc21. The van der Waals surface area contributed by atoms with Gasteiger partial charge < -0.3 is 10.3 Å². The third kappa shape index (κ3) is 2.23. The second-order valence-electron chi connectivity index (χ2n) is 5.25. The van der Waals surface area contributed by atoms with Crippen LogP contribution in [0.25, 0.3) is 10.9 Å². The van der Waals surface area contributed by atoms with E-state index in [1.165, 1.54) is 22.0 Å². The highest BCUT2D eigenvalue weighted by atomic mass is 14.9. The molecule has 0 fully saturated rings. The molecule has 3 rings (SSSR count). The number of aryl methyl sites for hydroxylation is 1. The van der Waals surface area contributed by atoms with Gasteiger partial charge in [0.1, 0.15) is 0 Å². The molecule has 2 aromatic carbocycles. The number of para-hydroxylation sites is 1. The van der Waals surface area contributed by atoms with Gasteiger partial charge in [0.15, 0.2) is 0 Å². The van der Waals surface area contributed by atoms with Crippen molar-refractivity contribution in [2.24, 2.45) is 12.8 Å². The number of aromatic nitrogens is 1. The Morgan fingerprint density at radius 1 is 1.00 bits per heavy atom. The molecule has 0 amide bonds. The molecule has 2 nitrogen and oxygen atoms in total. The molecule has 3 aromatic rings. The molecule has 0 aliphatic rings. The fraction of sp³-hybridized carbons (Fsp3) is 0.222. The van der Waals surface area contributed by atoms with E-state index in [1.54, 1.807) is 0 Å². The molecule has 102 valence electrons. The van der Waals surface area contributed by atoms with Crippen LogP contribution < -0.4 is 5.73 Å². The van der Waals surface area contributed by atoms with E-state index in [4.69, 9.17) is 5.73 Å². The Hall–Kier alpha value is -2.06.